The molecule has 0 aliphatic carbocycles. The lowest BCUT2D eigenvalue weighted by atomic mass is 10.1. The number of H-pyrrole nitrogens is 1. The van der Waals surface area contributed by atoms with Gasteiger partial charge in [0.15, 0.2) is 0 Å². The minimum Gasteiger partial charge on any atom is -0.497 e. The van der Waals surface area contributed by atoms with Crippen molar-refractivity contribution in [3.05, 3.63) is 51.9 Å². The Morgan fingerprint density at radius 3 is 2.57 bits per heavy atom. The third-order valence-corrected chi connectivity index (χ3v) is 3.05. The Bertz CT molecular complexity index is 722. The summed E-state index contributed by atoms with van der Waals surface area (Å²) in [6, 6.07) is 6.67. The number of aryl methyl sites for hydroxylation is 1. The van der Waals surface area contributed by atoms with E-state index in [0.717, 1.165) is 0 Å². The lowest BCUT2D eigenvalue weighted by molar-refractivity contribution is 0.102. The van der Waals surface area contributed by atoms with Gasteiger partial charge in [-0.1, -0.05) is 0 Å². The number of amides is 1. The fourth-order valence-electron chi connectivity index (χ4n) is 1.95. The molecule has 110 valence electrons. The summed E-state index contributed by atoms with van der Waals surface area (Å²) in [5, 5.41) is 2.67. The second-order valence-corrected chi connectivity index (χ2v) is 4.39. The van der Waals surface area contributed by atoms with Crippen LogP contribution in [0.15, 0.2) is 35.3 Å². The van der Waals surface area contributed by atoms with Gasteiger partial charge in [-0.2, -0.15) is 0 Å². The highest BCUT2D eigenvalue weighted by Crippen LogP contribution is 2.29. The Morgan fingerprint density at radius 1 is 1.19 bits per heavy atom. The molecule has 0 atom stereocenters. The van der Waals surface area contributed by atoms with Gasteiger partial charge >= 0.3 is 0 Å². The van der Waals surface area contributed by atoms with Crippen molar-refractivity contribution in [2.75, 3.05) is 19.5 Å². The molecule has 1 heterocycles. The summed E-state index contributed by atoms with van der Waals surface area (Å²) >= 11 is 0. The molecule has 0 aliphatic rings. The van der Waals surface area contributed by atoms with Crippen LogP contribution in [-0.2, 0) is 0 Å². The molecule has 0 unspecified atom stereocenters. The molecule has 0 spiro atoms. The standard InChI is InChI=1S/C15H16N2O4/c1-9-6-7-16-14(18)13(9)15(19)17-11-5-4-10(20-2)8-12(11)21-3/h4-8H,1-3H3,(H,16,18)(H,17,19). The summed E-state index contributed by atoms with van der Waals surface area (Å²) < 4.78 is 10.3. The predicted molar refractivity (Wildman–Crippen MR) is 79.3 cm³/mol. The molecule has 0 radical (unpaired) electrons. The molecule has 2 aromatic rings. The minimum absolute atomic E-state index is 0.0790. The van der Waals surface area contributed by atoms with Crippen LogP contribution in [0.3, 0.4) is 0 Å². The van der Waals surface area contributed by atoms with Gasteiger partial charge in [-0.25, -0.2) is 0 Å². The number of benzene rings is 1. The fourth-order valence-corrected chi connectivity index (χ4v) is 1.95. The van der Waals surface area contributed by atoms with Gasteiger partial charge in [0.25, 0.3) is 11.5 Å². The molecule has 0 saturated heterocycles. The maximum atomic E-state index is 12.3. The number of nitrogens with one attached hydrogen (secondary N) is 2. The van der Waals surface area contributed by atoms with Crippen LogP contribution in [0.1, 0.15) is 15.9 Å². The number of carbonyl (C=O) groups is 1. The molecule has 1 aromatic heterocycles. The van der Waals surface area contributed by atoms with Crippen LogP contribution >= 0.6 is 0 Å². The third kappa shape index (κ3) is 3.05. The summed E-state index contributed by atoms with van der Waals surface area (Å²) in [4.78, 5) is 26.5. The van der Waals surface area contributed by atoms with E-state index >= 15 is 0 Å². The quantitative estimate of drug-likeness (QED) is 0.901. The highest BCUT2D eigenvalue weighted by molar-refractivity contribution is 6.05. The smallest absolute Gasteiger partial charge is 0.261 e. The van der Waals surface area contributed by atoms with Crippen LogP contribution in [0.4, 0.5) is 5.69 Å². The topological polar surface area (TPSA) is 80.4 Å². The van der Waals surface area contributed by atoms with E-state index in [1.807, 2.05) is 0 Å². The van der Waals surface area contributed by atoms with Gasteiger partial charge in [0, 0.05) is 12.3 Å². The van der Waals surface area contributed by atoms with E-state index in [0.29, 0.717) is 22.7 Å². The first-order chi connectivity index (χ1) is 10.1. The largest absolute Gasteiger partial charge is 0.497 e. The van der Waals surface area contributed by atoms with Gasteiger partial charge in [-0.3, -0.25) is 9.59 Å². The van der Waals surface area contributed by atoms with Crippen molar-refractivity contribution >= 4 is 11.6 Å². The molecule has 0 bridgehead atoms. The summed E-state index contributed by atoms with van der Waals surface area (Å²) in [6.45, 7) is 1.70. The van der Waals surface area contributed by atoms with Crippen molar-refractivity contribution in [1.82, 2.24) is 4.98 Å². The second kappa shape index (κ2) is 6.13. The van der Waals surface area contributed by atoms with E-state index in [1.165, 1.54) is 13.3 Å². The van der Waals surface area contributed by atoms with Crippen molar-refractivity contribution in [1.29, 1.82) is 0 Å². The Labute approximate surface area is 121 Å². The normalized spacial score (nSPS) is 10.0. The van der Waals surface area contributed by atoms with Crippen molar-refractivity contribution in [2.45, 2.75) is 6.92 Å². The first-order valence-corrected chi connectivity index (χ1v) is 6.28. The molecule has 1 aromatic carbocycles. The number of ether oxygens (including phenoxy) is 2. The maximum absolute atomic E-state index is 12.3. The first-order valence-electron chi connectivity index (χ1n) is 6.28. The van der Waals surface area contributed by atoms with Crippen LogP contribution in [-0.4, -0.2) is 25.1 Å². The average molecular weight is 288 g/mol. The van der Waals surface area contributed by atoms with Crippen LogP contribution in [0.5, 0.6) is 11.5 Å². The minimum atomic E-state index is -0.488. The SMILES string of the molecule is COc1ccc(NC(=O)c2c(C)cc[nH]c2=O)c(OC)c1. The number of carbonyl (C=O) groups excluding carboxylic acids is 1. The maximum Gasteiger partial charge on any atom is 0.261 e. The number of methoxy groups -OCH3 is 2. The number of aromatic nitrogens is 1. The van der Waals surface area contributed by atoms with Crippen molar-refractivity contribution < 1.29 is 14.3 Å². The van der Waals surface area contributed by atoms with Gasteiger partial charge in [-0.15, -0.1) is 0 Å². The highest BCUT2D eigenvalue weighted by atomic mass is 16.5. The lowest BCUT2D eigenvalue weighted by Gasteiger charge is -2.12. The van der Waals surface area contributed by atoms with Crippen molar-refractivity contribution in [3.8, 4) is 11.5 Å². The average Bonchev–Trinajstić information content (AvgIpc) is 2.47. The molecule has 6 heteroatoms. The number of hydrogen-bond acceptors (Lipinski definition) is 4. The van der Waals surface area contributed by atoms with E-state index in [4.69, 9.17) is 9.47 Å². The molecule has 21 heavy (non-hydrogen) atoms. The monoisotopic (exact) mass is 288 g/mol. The van der Waals surface area contributed by atoms with Crippen LogP contribution in [0.2, 0.25) is 0 Å². The molecular weight excluding hydrogens is 272 g/mol. The number of pyridine rings is 1. The number of anilines is 1. The van der Waals surface area contributed by atoms with E-state index < -0.39 is 11.5 Å². The van der Waals surface area contributed by atoms with E-state index in [-0.39, 0.29) is 5.56 Å². The number of rotatable bonds is 4. The van der Waals surface area contributed by atoms with Gasteiger partial charge in [0.05, 0.1) is 19.9 Å². The Morgan fingerprint density at radius 2 is 1.95 bits per heavy atom. The van der Waals surface area contributed by atoms with Gasteiger partial charge in [0.2, 0.25) is 0 Å². The summed E-state index contributed by atoms with van der Waals surface area (Å²) in [5.41, 5.74) is 0.713. The van der Waals surface area contributed by atoms with E-state index in [9.17, 15) is 9.59 Å². The van der Waals surface area contributed by atoms with Crippen LogP contribution in [0, 0.1) is 6.92 Å². The Balaban J connectivity index is 2.34. The number of hydrogen-bond donors (Lipinski definition) is 2. The zero-order chi connectivity index (χ0) is 15.4. The molecule has 0 aliphatic heterocycles. The second-order valence-electron chi connectivity index (χ2n) is 4.39. The fraction of sp³-hybridized carbons (Fsp3) is 0.200. The Kier molecular flexibility index (Phi) is 4.27. The lowest BCUT2D eigenvalue weighted by Crippen LogP contribution is -2.24. The zero-order valence-electron chi connectivity index (χ0n) is 12.0. The molecular formula is C15H16N2O4. The summed E-state index contributed by atoms with van der Waals surface area (Å²) in [6.07, 6.45) is 1.50. The highest BCUT2D eigenvalue weighted by Gasteiger charge is 2.15. The molecule has 0 saturated carbocycles. The van der Waals surface area contributed by atoms with Crippen LogP contribution < -0.4 is 20.3 Å². The first kappa shape index (κ1) is 14.6. The number of aromatic amines is 1. The van der Waals surface area contributed by atoms with Crippen LogP contribution in [0.25, 0.3) is 0 Å². The predicted octanol–water partition coefficient (Wildman–Crippen LogP) is 1.95. The van der Waals surface area contributed by atoms with E-state index in [2.05, 4.69) is 10.3 Å². The van der Waals surface area contributed by atoms with Gasteiger partial charge < -0.3 is 19.8 Å². The summed E-state index contributed by atoms with van der Waals surface area (Å²) in [5.74, 6) is 0.573. The van der Waals surface area contributed by atoms with E-state index in [1.54, 1.807) is 38.3 Å². The molecule has 1 amide bonds. The Hall–Kier alpha value is -2.76. The van der Waals surface area contributed by atoms with Gasteiger partial charge in [0.1, 0.15) is 17.1 Å². The third-order valence-electron chi connectivity index (χ3n) is 3.05. The van der Waals surface area contributed by atoms with Crippen molar-refractivity contribution in [2.24, 2.45) is 0 Å². The molecule has 2 N–H and O–H groups in total. The molecule has 0 fully saturated rings. The van der Waals surface area contributed by atoms with Crippen molar-refractivity contribution in [3.63, 3.8) is 0 Å². The molecule has 6 nitrogen and oxygen atoms in total. The molecule has 2 rings (SSSR count). The van der Waals surface area contributed by atoms with Gasteiger partial charge in [-0.05, 0) is 30.7 Å². The zero-order valence-corrected chi connectivity index (χ0v) is 12.0. The summed E-state index contributed by atoms with van der Waals surface area (Å²) in [7, 11) is 3.03.